The Kier molecular flexibility index (Phi) is 5.53. The molecule has 0 spiro atoms. The first-order valence-electron chi connectivity index (χ1n) is 10.0. The van der Waals surface area contributed by atoms with E-state index >= 15 is 0 Å². The number of ether oxygens (including phenoxy) is 2. The molecule has 0 bridgehead atoms. The van der Waals surface area contributed by atoms with Gasteiger partial charge in [0.25, 0.3) is 11.8 Å². The van der Waals surface area contributed by atoms with Crippen molar-refractivity contribution in [2.75, 3.05) is 32.9 Å². The molecular formula is C21H26N4O4. The molecule has 2 aliphatic rings. The van der Waals surface area contributed by atoms with Crippen molar-refractivity contribution < 1.29 is 19.1 Å². The summed E-state index contributed by atoms with van der Waals surface area (Å²) in [6.45, 7) is 7.75. The van der Waals surface area contributed by atoms with Gasteiger partial charge in [0.15, 0.2) is 0 Å². The maximum absolute atomic E-state index is 13.1. The Hall–Kier alpha value is -2.87. The molecule has 1 aromatic heterocycles. The Labute approximate surface area is 170 Å². The van der Waals surface area contributed by atoms with Crippen LogP contribution in [0.5, 0.6) is 5.75 Å². The zero-order valence-electron chi connectivity index (χ0n) is 16.8. The molecule has 8 heteroatoms. The predicted octanol–water partition coefficient (Wildman–Crippen LogP) is 1.80. The average molecular weight is 398 g/mol. The van der Waals surface area contributed by atoms with Crippen molar-refractivity contribution in [3.8, 4) is 5.75 Å². The van der Waals surface area contributed by atoms with E-state index in [9.17, 15) is 9.59 Å². The number of carbonyl (C=O) groups is 2. The Morgan fingerprint density at radius 2 is 1.97 bits per heavy atom. The van der Waals surface area contributed by atoms with Crippen LogP contribution in [0.1, 0.15) is 40.1 Å². The quantitative estimate of drug-likeness (QED) is 0.788. The van der Waals surface area contributed by atoms with Crippen molar-refractivity contribution in [2.24, 2.45) is 0 Å². The van der Waals surface area contributed by atoms with Gasteiger partial charge in [-0.15, -0.1) is 0 Å². The van der Waals surface area contributed by atoms with Gasteiger partial charge in [-0.3, -0.25) is 14.3 Å². The lowest BCUT2D eigenvalue weighted by molar-refractivity contribution is 0.0303. The van der Waals surface area contributed by atoms with E-state index < -0.39 is 0 Å². The average Bonchev–Trinajstić information content (AvgIpc) is 3.18. The molecule has 0 radical (unpaired) electrons. The minimum atomic E-state index is -0.0988. The van der Waals surface area contributed by atoms with Crippen LogP contribution in [0.4, 0.5) is 0 Å². The summed E-state index contributed by atoms with van der Waals surface area (Å²) >= 11 is 0. The number of aromatic nitrogens is 2. The molecule has 3 heterocycles. The fourth-order valence-corrected chi connectivity index (χ4v) is 3.65. The molecule has 1 saturated heterocycles. The molecule has 0 unspecified atom stereocenters. The number of morpholine rings is 1. The second-order valence-corrected chi connectivity index (χ2v) is 7.40. The number of fused-ring (bicyclic) bond motifs is 1. The molecular weight excluding hydrogens is 372 g/mol. The van der Waals surface area contributed by atoms with E-state index in [1.165, 1.54) is 0 Å². The summed E-state index contributed by atoms with van der Waals surface area (Å²) in [5.74, 6) is 0.615. The highest BCUT2D eigenvalue weighted by atomic mass is 16.5. The van der Waals surface area contributed by atoms with Crippen molar-refractivity contribution in [3.05, 3.63) is 47.3 Å². The third kappa shape index (κ3) is 3.98. The number of nitrogens with zero attached hydrogens (tertiary/aromatic N) is 4. The predicted molar refractivity (Wildman–Crippen MR) is 106 cm³/mol. The van der Waals surface area contributed by atoms with Crippen LogP contribution < -0.4 is 4.74 Å². The number of amides is 2. The van der Waals surface area contributed by atoms with Gasteiger partial charge in [0.2, 0.25) is 0 Å². The lowest BCUT2D eigenvalue weighted by atomic mass is 10.1. The minimum absolute atomic E-state index is 0.0181. The molecule has 4 rings (SSSR count). The summed E-state index contributed by atoms with van der Waals surface area (Å²) in [5, 5.41) is 4.21. The van der Waals surface area contributed by atoms with Crippen LogP contribution in [0.3, 0.4) is 0 Å². The highest BCUT2D eigenvalue weighted by Gasteiger charge is 2.28. The molecule has 8 nitrogen and oxygen atoms in total. The summed E-state index contributed by atoms with van der Waals surface area (Å²) < 4.78 is 13.0. The van der Waals surface area contributed by atoms with E-state index in [1.54, 1.807) is 32.9 Å². The van der Waals surface area contributed by atoms with Crippen LogP contribution in [-0.4, -0.2) is 70.3 Å². The minimum Gasteiger partial charge on any atom is -0.491 e. The van der Waals surface area contributed by atoms with Gasteiger partial charge >= 0.3 is 0 Å². The molecule has 0 N–H and O–H groups in total. The summed E-state index contributed by atoms with van der Waals surface area (Å²) in [6.07, 6.45) is 3.36. The third-order valence-electron chi connectivity index (χ3n) is 5.42. The van der Waals surface area contributed by atoms with Crippen molar-refractivity contribution in [3.63, 3.8) is 0 Å². The topological polar surface area (TPSA) is 76.9 Å². The molecule has 2 aliphatic heterocycles. The van der Waals surface area contributed by atoms with Gasteiger partial charge in [-0.2, -0.15) is 5.10 Å². The molecule has 0 aliphatic carbocycles. The maximum atomic E-state index is 13.1. The zero-order valence-corrected chi connectivity index (χ0v) is 16.8. The fraction of sp³-hybridized carbons (Fsp3) is 0.476. The van der Waals surface area contributed by atoms with Crippen LogP contribution >= 0.6 is 0 Å². The molecule has 1 atom stereocenters. The van der Waals surface area contributed by atoms with Gasteiger partial charge in [-0.25, -0.2) is 0 Å². The lowest BCUT2D eigenvalue weighted by Gasteiger charge is -2.27. The van der Waals surface area contributed by atoms with Gasteiger partial charge in [0.05, 0.1) is 37.6 Å². The summed E-state index contributed by atoms with van der Waals surface area (Å²) in [7, 11) is 0. The van der Waals surface area contributed by atoms with Gasteiger partial charge in [-0.1, -0.05) is 0 Å². The zero-order chi connectivity index (χ0) is 20.4. The van der Waals surface area contributed by atoms with E-state index in [0.717, 1.165) is 11.3 Å². The van der Waals surface area contributed by atoms with Crippen molar-refractivity contribution in [2.45, 2.75) is 33.0 Å². The second kappa shape index (κ2) is 8.24. The Bertz CT molecular complexity index is 904. The molecule has 1 aromatic carbocycles. The molecule has 154 valence electrons. The maximum Gasteiger partial charge on any atom is 0.257 e. The van der Waals surface area contributed by atoms with Crippen LogP contribution in [-0.2, 0) is 17.8 Å². The van der Waals surface area contributed by atoms with Gasteiger partial charge in [0.1, 0.15) is 12.4 Å². The molecule has 0 saturated carbocycles. The lowest BCUT2D eigenvalue weighted by Crippen LogP contribution is -2.41. The van der Waals surface area contributed by atoms with Crippen molar-refractivity contribution in [1.29, 1.82) is 0 Å². The van der Waals surface area contributed by atoms with E-state index in [4.69, 9.17) is 9.47 Å². The Morgan fingerprint density at radius 3 is 2.69 bits per heavy atom. The molecule has 1 fully saturated rings. The number of aryl methyl sites for hydroxylation is 1. The smallest absolute Gasteiger partial charge is 0.257 e. The highest BCUT2D eigenvalue weighted by molar-refractivity contribution is 5.95. The summed E-state index contributed by atoms with van der Waals surface area (Å²) in [6, 6.07) is 5.38. The Morgan fingerprint density at radius 1 is 1.17 bits per heavy atom. The fourth-order valence-electron chi connectivity index (χ4n) is 3.65. The number of carbonyl (C=O) groups excluding carboxylic acids is 2. The van der Waals surface area contributed by atoms with Gasteiger partial charge < -0.3 is 19.3 Å². The second-order valence-electron chi connectivity index (χ2n) is 7.40. The van der Waals surface area contributed by atoms with Crippen molar-refractivity contribution >= 4 is 11.8 Å². The molecule has 2 aromatic rings. The first kappa shape index (κ1) is 19.4. The standard InChI is InChI=1S/C21H26N4O4/c1-3-24-12-18(11-22-24)21(27)25-13-17-10-16(4-5-19(17)29-14-15(25)2)20(26)23-6-8-28-9-7-23/h4-5,10-12,15H,3,6-9,13-14H2,1-2H3/t15-/m0/s1. The SMILES string of the molecule is CCn1cc(C(=O)N2Cc3cc(C(=O)N4CCOCC4)ccc3OC[C@@H]2C)cn1. The van der Waals surface area contributed by atoms with Gasteiger partial charge in [-0.05, 0) is 32.0 Å². The molecule has 29 heavy (non-hydrogen) atoms. The largest absolute Gasteiger partial charge is 0.491 e. The van der Waals surface area contributed by atoms with Crippen LogP contribution in [0.25, 0.3) is 0 Å². The van der Waals surface area contributed by atoms with Gasteiger partial charge in [0, 0.05) is 37.0 Å². The number of hydrogen-bond acceptors (Lipinski definition) is 5. The first-order chi connectivity index (χ1) is 14.1. The summed E-state index contributed by atoms with van der Waals surface area (Å²) in [4.78, 5) is 29.5. The van der Waals surface area contributed by atoms with E-state index in [1.807, 2.05) is 26.0 Å². The number of rotatable bonds is 3. The van der Waals surface area contributed by atoms with E-state index in [0.29, 0.717) is 57.1 Å². The number of benzene rings is 1. The monoisotopic (exact) mass is 398 g/mol. The van der Waals surface area contributed by atoms with E-state index in [-0.39, 0.29) is 17.9 Å². The van der Waals surface area contributed by atoms with Crippen molar-refractivity contribution in [1.82, 2.24) is 19.6 Å². The highest BCUT2D eigenvalue weighted by Crippen LogP contribution is 2.28. The van der Waals surface area contributed by atoms with Crippen LogP contribution in [0.15, 0.2) is 30.6 Å². The van der Waals surface area contributed by atoms with E-state index in [2.05, 4.69) is 5.10 Å². The Balaban J connectivity index is 1.58. The first-order valence-corrected chi connectivity index (χ1v) is 10.0. The third-order valence-corrected chi connectivity index (χ3v) is 5.42. The number of hydrogen-bond donors (Lipinski definition) is 0. The normalized spacial score (nSPS) is 19.3. The summed E-state index contributed by atoms with van der Waals surface area (Å²) in [5.41, 5.74) is 2.00. The molecule has 2 amide bonds. The van der Waals surface area contributed by atoms with Crippen LogP contribution in [0, 0.1) is 0 Å². The van der Waals surface area contributed by atoms with Crippen LogP contribution in [0.2, 0.25) is 0 Å².